The van der Waals surface area contributed by atoms with E-state index in [9.17, 15) is 4.79 Å². The van der Waals surface area contributed by atoms with Crippen molar-refractivity contribution in [3.63, 3.8) is 0 Å². The number of ether oxygens (including phenoxy) is 1. The second-order valence-corrected chi connectivity index (χ2v) is 6.08. The Bertz CT molecular complexity index is 842. The highest BCUT2D eigenvalue weighted by molar-refractivity contribution is 5.80. The largest absolute Gasteiger partial charge is 0.481 e. The van der Waals surface area contributed by atoms with Crippen LogP contribution in [0.1, 0.15) is 25.0 Å². The van der Waals surface area contributed by atoms with Crippen molar-refractivity contribution >= 4 is 5.91 Å². The molecular weight excluding hydrogens is 326 g/mol. The Morgan fingerprint density at radius 1 is 1.19 bits per heavy atom. The number of carbonyl (C=O) groups excluding carboxylic acids is 1. The lowest BCUT2D eigenvalue weighted by molar-refractivity contribution is -0.127. The number of amides is 1. The summed E-state index contributed by atoms with van der Waals surface area (Å²) in [6, 6.07) is 15.8. The molecule has 1 amide bonds. The predicted molar refractivity (Wildman–Crippen MR) is 101 cm³/mol. The molecule has 0 unspecified atom stereocenters. The van der Waals surface area contributed by atoms with E-state index in [-0.39, 0.29) is 5.91 Å². The summed E-state index contributed by atoms with van der Waals surface area (Å²) in [5, 5.41) is 2.93. The maximum atomic E-state index is 12.3. The van der Waals surface area contributed by atoms with Crippen molar-refractivity contribution in [3.05, 3.63) is 78.4 Å². The standard InChI is InChI=1S/C21H23N3O2/c1-3-18-6-4-5-7-20(18)26-16(2)21(25)23-14-17-8-10-19(11-9-17)24-13-12-22-15-24/h4-13,15-16H,3,14H2,1-2H3,(H,23,25)/t16-/m1/s1. The summed E-state index contributed by atoms with van der Waals surface area (Å²) in [7, 11) is 0. The van der Waals surface area contributed by atoms with E-state index in [1.54, 1.807) is 19.4 Å². The molecule has 0 saturated heterocycles. The van der Waals surface area contributed by atoms with Gasteiger partial charge in [0.1, 0.15) is 5.75 Å². The van der Waals surface area contributed by atoms with Crippen LogP contribution in [0.15, 0.2) is 67.3 Å². The zero-order chi connectivity index (χ0) is 18.4. The maximum Gasteiger partial charge on any atom is 0.261 e. The molecule has 5 nitrogen and oxygen atoms in total. The summed E-state index contributed by atoms with van der Waals surface area (Å²) in [5.74, 6) is 0.636. The number of hydrogen-bond acceptors (Lipinski definition) is 3. The van der Waals surface area contributed by atoms with Crippen LogP contribution >= 0.6 is 0 Å². The van der Waals surface area contributed by atoms with Crippen molar-refractivity contribution in [1.29, 1.82) is 0 Å². The summed E-state index contributed by atoms with van der Waals surface area (Å²) in [6.07, 6.45) is 5.71. The van der Waals surface area contributed by atoms with Crippen LogP contribution in [0.2, 0.25) is 0 Å². The smallest absolute Gasteiger partial charge is 0.261 e. The maximum absolute atomic E-state index is 12.3. The van der Waals surface area contributed by atoms with E-state index in [2.05, 4.69) is 17.2 Å². The van der Waals surface area contributed by atoms with Gasteiger partial charge in [0.15, 0.2) is 6.10 Å². The van der Waals surface area contributed by atoms with Gasteiger partial charge in [-0.05, 0) is 42.7 Å². The first-order valence-electron chi connectivity index (χ1n) is 8.77. The molecule has 0 spiro atoms. The van der Waals surface area contributed by atoms with Crippen LogP contribution in [-0.2, 0) is 17.8 Å². The number of rotatable bonds is 7. The van der Waals surface area contributed by atoms with Gasteiger partial charge in [-0.25, -0.2) is 4.98 Å². The molecule has 0 fully saturated rings. The number of nitrogens with one attached hydrogen (secondary N) is 1. The molecule has 3 aromatic rings. The van der Waals surface area contributed by atoms with Crippen LogP contribution in [0, 0.1) is 0 Å². The van der Waals surface area contributed by atoms with Gasteiger partial charge in [0.05, 0.1) is 6.33 Å². The molecule has 1 aromatic heterocycles. The number of hydrogen-bond donors (Lipinski definition) is 1. The molecule has 1 heterocycles. The Balaban J connectivity index is 1.54. The van der Waals surface area contributed by atoms with Gasteiger partial charge >= 0.3 is 0 Å². The fraction of sp³-hybridized carbons (Fsp3) is 0.238. The van der Waals surface area contributed by atoms with Gasteiger partial charge in [-0.2, -0.15) is 0 Å². The first kappa shape index (κ1) is 17.7. The number of imidazole rings is 1. The molecule has 5 heteroatoms. The molecule has 3 rings (SSSR count). The molecule has 0 aliphatic rings. The molecule has 26 heavy (non-hydrogen) atoms. The van der Waals surface area contributed by atoms with Crippen LogP contribution in [0.25, 0.3) is 5.69 Å². The lowest BCUT2D eigenvalue weighted by atomic mass is 10.1. The molecular formula is C21H23N3O2. The van der Waals surface area contributed by atoms with E-state index >= 15 is 0 Å². The molecule has 0 aliphatic carbocycles. The molecule has 2 aromatic carbocycles. The van der Waals surface area contributed by atoms with Crippen molar-refractivity contribution in [3.8, 4) is 11.4 Å². The normalized spacial score (nSPS) is 11.8. The van der Waals surface area contributed by atoms with Crippen molar-refractivity contribution in [2.75, 3.05) is 0 Å². The third-order valence-electron chi connectivity index (χ3n) is 4.23. The van der Waals surface area contributed by atoms with Crippen molar-refractivity contribution < 1.29 is 9.53 Å². The zero-order valence-electron chi connectivity index (χ0n) is 15.1. The number of nitrogens with zero attached hydrogens (tertiary/aromatic N) is 2. The molecule has 0 aliphatic heterocycles. The SMILES string of the molecule is CCc1ccccc1O[C@H](C)C(=O)NCc1ccc(-n2ccnc2)cc1. The lowest BCUT2D eigenvalue weighted by Crippen LogP contribution is -2.36. The average Bonchev–Trinajstić information content (AvgIpc) is 3.21. The summed E-state index contributed by atoms with van der Waals surface area (Å²) in [6.45, 7) is 4.30. The predicted octanol–water partition coefficient (Wildman–Crippen LogP) is 3.52. The van der Waals surface area contributed by atoms with E-state index in [0.717, 1.165) is 29.0 Å². The van der Waals surface area contributed by atoms with Crippen LogP contribution in [0.3, 0.4) is 0 Å². The first-order chi connectivity index (χ1) is 12.7. The van der Waals surface area contributed by atoms with Crippen LogP contribution < -0.4 is 10.1 Å². The van der Waals surface area contributed by atoms with E-state index < -0.39 is 6.10 Å². The highest BCUT2D eigenvalue weighted by atomic mass is 16.5. The van der Waals surface area contributed by atoms with Gasteiger partial charge in [0.2, 0.25) is 0 Å². The number of para-hydroxylation sites is 1. The Labute approximate surface area is 153 Å². The van der Waals surface area contributed by atoms with E-state index in [1.165, 1.54) is 0 Å². The molecule has 1 atom stereocenters. The van der Waals surface area contributed by atoms with Crippen molar-refractivity contribution in [2.45, 2.75) is 32.9 Å². The van der Waals surface area contributed by atoms with Gasteiger partial charge in [-0.1, -0.05) is 37.3 Å². The minimum Gasteiger partial charge on any atom is -0.481 e. The quantitative estimate of drug-likeness (QED) is 0.710. The fourth-order valence-electron chi connectivity index (χ4n) is 2.69. The lowest BCUT2D eigenvalue weighted by Gasteiger charge is -2.17. The second-order valence-electron chi connectivity index (χ2n) is 6.08. The Morgan fingerprint density at radius 3 is 2.65 bits per heavy atom. The van der Waals surface area contributed by atoms with Crippen molar-refractivity contribution in [2.24, 2.45) is 0 Å². The Morgan fingerprint density at radius 2 is 1.96 bits per heavy atom. The van der Waals surface area contributed by atoms with Gasteiger partial charge < -0.3 is 14.6 Å². The summed E-state index contributed by atoms with van der Waals surface area (Å²) in [5.41, 5.74) is 3.16. The van der Waals surface area contributed by atoms with Crippen molar-refractivity contribution in [1.82, 2.24) is 14.9 Å². The van der Waals surface area contributed by atoms with Gasteiger partial charge in [0.25, 0.3) is 5.91 Å². The topological polar surface area (TPSA) is 56.1 Å². The number of benzene rings is 2. The highest BCUT2D eigenvalue weighted by Gasteiger charge is 2.15. The Kier molecular flexibility index (Phi) is 5.69. The minimum atomic E-state index is -0.548. The van der Waals surface area contributed by atoms with Crippen LogP contribution in [0.4, 0.5) is 0 Å². The molecule has 0 radical (unpaired) electrons. The Hall–Kier alpha value is -3.08. The minimum absolute atomic E-state index is 0.130. The third kappa shape index (κ3) is 4.30. The van der Waals surface area contributed by atoms with Crippen LogP contribution in [-0.4, -0.2) is 21.6 Å². The molecule has 1 N–H and O–H groups in total. The monoisotopic (exact) mass is 349 g/mol. The van der Waals surface area contributed by atoms with Gasteiger partial charge in [-0.15, -0.1) is 0 Å². The first-order valence-corrected chi connectivity index (χ1v) is 8.77. The summed E-state index contributed by atoms with van der Waals surface area (Å²) < 4.78 is 7.77. The average molecular weight is 349 g/mol. The van der Waals surface area contributed by atoms with E-state index in [0.29, 0.717) is 6.54 Å². The molecule has 0 saturated carbocycles. The van der Waals surface area contributed by atoms with E-state index in [1.807, 2.05) is 59.3 Å². The van der Waals surface area contributed by atoms with E-state index in [4.69, 9.17) is 4.74 Å². The molecule has 134 valence electrons. The van der Waals surface area contributed by atoms with Crippen LogP contribution in [0.5, 0.6) is 5.75 Å². The molecule has 0 bridgehead atoms. The third-order valence-corrected chi connectivity index (χ3v) is 4.23. The van der Waals surface area contributed by atoms with Gasteiger partial charge in [-0.3, -0.25) is 4.79 Å². The number of aromatic nitrogens is 2. The summed E-state index contributed by atoms with van der Waals surface area (Å²) >= 11 is 0. The number of carbonyl (C=O) groups is 1. The fourth-order valence-corrected chi connectivity index (χ4v) is 2.69. The highest BCUT2D eigenvalue weighted by Crippen LogP contribution is 2.19. The zero-order valence-corrected chi connectivity index (χ0v) is 15.1. The second kappa shape index (κ2) is 8.34. The van der Waals surface area contributed by atoms with Gasteiger partial charge in [0, 0.05) is 24.6 Å². The number of aryl methyl sites for hydroxylation is 1. The summed E-state index contributed by atoms with van der Waals surface area (Å²) in [4.78, 5) is 16.4.